The van der Waals surface area contributed by atoms with Crippen LogP contribution in [0, 0.1) is 5.92 Å². The van der Waals surface area contributed by atoms with Gasteiger partial charge in [0.15, 0.2) is 0 Å². The van der Waals surface area contributed by atoms with Crippen molar-refractivity contribution < 1.29 is 14.7 Å². The van der Waals surface area contributed by atoms with Gasteiger partial charge in [0.1, 0.15) is 0 Å². The zero-order chi connectivity index (χ0) is 13.5. The number of amides is 1. The first-order valence-corrected chi connectivity index (χ1v) is 6.52. The normalized spacial score (nSPS) is 11.9. The molecule has 0 aliphatic heterocycles. The molecule has 1 aromatic rings. The van der Waals surface area contributed by atoms with Crippen LogP contribution >= 0.6 is 15.9 Å². The number of carboxylic acids is 1. The Hall–Kier alpha value is -1.36. The third-order valence-electron chi connectivity index (χ3n) is 2.58. The van der Waals surface area contributed by atoms with Crippen LogP contribution in [0.1, 0.15) is 18.9 Å². The van der Waals surface area contributed by atoms with Gasteiger partial charge in [-0.25, -0.2) is 0 Å². The second-order valence-corrected chi connectivity index (χ2v) is 5.09. The first kappa shape index (κ1) is 14.7. The summed E-state index contributed by atoms with van der Waals surface area (Å²) in [5.41, 5.74) is 1.08. The van der Waals surface area contributed by atoms with Crippen LogP contribution in [-0.2, 0) is 16.0 Å². The van der Waals surface area contributed by atoms with Gasteiger partial charge in [0.25, 0.3) is 0 Å². The smallest absolute Gasteiger partial charge is 0.308 e. The van der Waals surface area contributed by atoms with Crippen molar-refractivity contribution in [1.29, 1.82) is 0 Å². The maximum Gasteiger partial charge on any atom is 0.308 e. The fraction of sp³-hybridized carbons (Fsp3) is 0.385. The van der Waals surface area contributed by atoms with Crippen LogP contribution in [0.15, 0.2) is 28.7 Å². The largest absolute Gasteiger partial charge is 0.481 e. The average molecular weight is 314 g/mol. The molecule has 1 atom stereocenters. The van der Waals surface area contributed by atoms with Gasteiger partial charge in [-0.3, -0.25) is 9.59 Å². The van der Waals surface area contributed by atoms with E-state index in [9.17, 15) is 9.59 Å². The number of carboxylic acid groups (broad SMARTS) is 1. The molecule has 1 aromatic carbocycles. The predicted molar refractivity (Wildman–Crippen MR) is 72.3 cm³/mol. The molecular weight excluding hydrogens is 298 g/mol. The van der Waals surface area contributed by atoms with Crippen LogP contribution < -0.4 is 5.32 Å². The average Bonchev–Trinajstić information content (AvgIpc) is 2.35. The number of carbonyl (C=O) groups is 2. The molecule has 0 aliphatic carbocycles. The fourth-order valence-corrected chi connectivity index (χ4v) is 1.62. The molecule has 0 saturated carbocycles. The summed E-state index contributed by atoms with van der Waals surface area (Å²) in [7, 11) is 0. The predicted octanol–water partition coefficient (Wildman–Crippen LogP) is 2.22. The Morgan fingerprint density at radius 3 is 2.50 bits per heavy atom. The van der Waals surface area contributed by atoms with E-state index in [0.717, 1.165) is 10.0 Å². The molecule has 1 rings (SSSR count). The molecule has 0 aliphatic rings. The summed E-state index contributed by atoms with van der Waals surface area (Å²) in [5, 5.41) is 11.3. The summed E-state index contributed by atoms with van der Waals surface area (Å²) in [6.45, 7) is 1.74. The van der Waals surface area contributed by atoms with Gasteiger partial charge in [0.2, 0.25) is 5.91 Å². The topological polar surface area (TPSA) is 66.4 Å². The van der Waals surface area contributed by atoms with Crippen molar-refractivity contribution in [3.8, 4) is 0 Å². The van der Waals surface area contributed by atoms with Crippen LogP contribution in [-0.4, -0.2) is 23.5 Å². The highest BCUT2D eigenvalue weighted by molar-refractivity contribution is 9.10. The first-order valence-electron chi connectivity index (χ1n) is 5.73. The van der Waals surface area contributed by atoms with E-state index in [1.165, 1.54) is 0 Å². The SMILES string of the molecule is CC(CNC(=O)CCc1ccc(Br)cc1)C(=O)O. The second-order valence-electron chi connectivity index (χ2n) is 4.17. The Balaban J connectivity index is 2.29. The van der Waals surface area contributed by atoms with Crippen molar-refractivity contribution >= 4 is 27.8 Å². The van der Waals surface area contributed by atoms with Gasteiger partial charge in [-0.2, -0.15) is 0 Å². The van der Waals surface area contributed by atoms with Crippen molar-refractivity contribution in [3.05, 3.63) is 34.3 Å². The van der Waals surface area contributed by atoms with E-state index in [4.69, 9.17) is 5.11 Å². The lowest BCUT2D eigenvalue weighted by atomic mass is 10.1. The van der Waals surface area contributed by atoms with E-state index in [1.807, 2.05) is 24.3 Å². The lowest BCUT2D eigenvalue weighted by Crippen LogP contribution is -2.31. The maximum atomic E-state index is 11.5. The minimum Gasteiger partial charge on any atom is -0.481 e. The molecule has 2 N–H and O–H groups in total. The molecule has 0 radical (unpaired) electrons. The number of hydrogen-bond donors (Lipinski definition) is 2. The zero-order valence-corrected chi connectivity index (χ0v) is 11.7. The highest BCUT2D eigenvalue weighted by Crippen LogP contribution is 2.11. The van der Waals surface area contributed by atoms with Crippen LogP contribution in [0.3, 0.4) is 0 Å². The Kier molecular flexibility index (Phi) is 5.85. The van der Waals surface area contributed by atoms with Gasteiger partial charge in [0.05, 0.1) is 5.92 Å². The molecule has 4 nitrogen and oxygen atoms in total. The van der Waals surface area contributed by atoms with Crippen LogP contribution in [0.5, 0.6) is 0 Å². The lowest BCUT2D eigenvalue weighted by molar-refractivity contribution is -0.141. The molecule has 1 amide bonds. The number of aryl methyl sites for hydroxylation is 1. The number of nitrogens with one attached hydrogen (secondary N) is 1. The number of benzene rings is 1. The Bertz CT molecular complexity index is 417. The van der Waals surface area contributed by atoms with E-state index < -0.39 is 11.9 Å². The third-order valence-corrected chi connectivity index (χ3v) is 3.11. The van der Waals surface area contributed by atoms with Gasteiger partial charge in [-0.15, -0.1) is 0 Å². The third kappa shape index (κ3) is 5.31. The molecule has 0 aromatic heterocycles. The van der Waals surface area contributed by atoms with Gasteiger partial charge in [-0.1, -0.05) is 35.0 Å². The van der Waals surface area contributed by atoms with Crippen molar-refractivity contribution in [2.45, 2.75) is 19.8 Å². The quantitative estimate of drug-likeness (QED) is 0.846. The zero-order valence-electron chi connectivity index (χ0n) is 10.1. The summed E-state index contributed by atoms with van der Waals surface area (Å²) in [6.07, 6.45) is 1.02. The maximum absolute atomic E-state index is 11.5. The highest BCUT2D eigenvalue weighted by atomic mass is 79.9. The molecular formula is C13H16BrNO3. The Morgan fingerprint density at radius 2 is 1.94 bits per heavy atom. The van der Waals surface area contributed by atoms with E-state index in [2.05, 4.69) is 21.2 Å². The summed E-state index contributed by atoms with van der Waals surface area (Å²) in [5.74, 6) is -1.57. The second kappa shape index (κ2) is 7.16. The minimum absolute atomic E-state index is 0.119. The van der Waals surface area contributed by atoms with Gasteiger partial charge in [0, 0.05) is 17.4 Å². The number of halogens is 1. The molecule has 18 heavy (non-hydrogen) atoms. The summed E-state index contributed by atoms with van der Waals surface area (Å²) in [4.78, 5) is 22.1. The number of hydrogen-bond acceptors (Lipinski definition) is 2. The lowest BCUT2D eigenvalue weighted by Gasteiger charge is -2.08. The Morgan fingerprint density at radius 1 is 1.33 bits per heavy atom. The molecule has 0 bridgehead atoms. The number of aliphatic carboxylic acids is 1. The van der Waals surface area contributed by atoms with E-state index in [-0.39, 0.29) is 12.5 Å². The molecule has 1 unspecified atom stereocenters. The monoisotopic (exact) mass is 313 g/mol. The molecule has 0 saturated heterocycles. The summed E-state index contributed by atoms with van der Waals surface area (Å²) < 4.78 is 1.01. The molecule has 98 valence electrons. The molecule has 0 spiro atoms. The van der Waals surface area contributed by atoms with Gasteiger partial charge >= 0.3 is 5.97 Å². The Labute approximate surface area is 115 Å². The number of rotatable bonds is 6. The first-order chi connectivity index (χ1) is 8.49. The van der Waals surface area contributed by atoms with Crippen molar-refractivity contribution in [3.63, 3.8) is 0 Å². The summed E-state index contributed by atoms with van der Waals surface area (Å²) in [6, 6.07) is 7.77. The van der Waals surface area contributed by atoms with E-state index >= 15 is 0 Å². The van der Waals surface area contributed by atoms with Gasteiger partial charge in [-0.05, 0) is 24.1 Å². The van der Waals surface area contributed by atoms with Crippen molar-refractivity contribution in [2.75, 3.05) is 6.54 Å². The van der Waals surface area contributed by atoms with Crippen LogP contribution in [0.25, 0.3) is 0 Å². The van der Waals surface area contributed by atoms with Gasteiger partial charge < -0.3 is 10.4 Å². The fourth-order valence-electron chi connectivity index (χ4n) is 1.35. The minimum atomic E-state index is -0.900. The number of carbonyl (C=O) groups excluding carboxylic acids is 1. The van der Waals surface area contributed by atoms with Crippen LogP contribution in [0.4, 0.5) is 0 Å². The molecule has 0 heterocycles. The van der Waals surface area contributed by atoms with Crippen LogP contribution in [0.2, 0.25) is 0 Å². The molecule has 0 fully saturated rings. The van der Waals surface area contributed by atoms with Crippen molar-refractivity contribution in [1.82, 2.24) is 5.32 Å². The van der Waals surface area contributed by atoms with E-state index in [1.54, 1.807) is 6.92 Å². The molecule has 5 heteroatoms. The summed E-state index contributed by atoms with van der Waals surface area (Å²) >= 11 is 3.34. The highest BCUT2D eigenvalue weighted by Gasteiger charge is 2.11. The van der Waals surface area contributed by atoms with Crippen molar-refractivity contribution in [2.24, 2.45) is 5.92 Å². The standard InChI is InChI=1S/C13H16BrNO3/c1-9(13(17)18)8-15-12(16)7-4-10-2-5-11(14)6-3-10/h2-3,5-6,9H,4,7-8H2,1H3,(H,15,16)(H,17,18). The van der Waals surface area contributed by atoms with E-state index in [0.29, 0.717) is 12.8 Å².